The summed E-state index contributed by atoms with van der Waals surface area (Å²) in [5, 5.41) is 11.5. The molecule has 0 atom stereocenters. The predicted molar refractivity (Wildman–Crippen MR) is 72.3 cm³/mol. The zero-order chi connectivity index (χ0) is 13.1. The first-order chi connectivity index (χ1) is 8.56. The quantitative estimate of drug-likeness (QED) is 0.600. The van der Waals surface area contributed by atoms with Crippen LogP contribution in [0.3, 0.4) is 0 Å². The number of hydrogen-bond acceptors (Lipinski definition) is 3. The van der Waals surface area contributed by atoms with E-state index in [9.17, 15) is 10.1 Å². The highest BCUT2D eigenvalue weighted by molar-refractivity contribution is 9.10. The van der Waals surface area contributed by atoms with Gasteiger partial charge in [-0.15, -0.1) is 0 Å². The summed E-state index contributed by atoms with van der Waals surface area (Å²) in [6, 6.07) is 11.2. The van der Waals surface area contributed by atoms with Crippen LogP contribution in [-0.2, 0) is 0 Å². The molecule has 0 heterocycles. The van der Waals surface area contributed by atoms with Crippen molar-refractivity contribution in [2.24, 2.45) is 0 Å². The minimum atomic E-state index is -0.490. The van der Waals surface area contributed by atoms with E-state index >= 15 is 0 Å². The Labute approximate surface area is 116 Å². The predicted octanol–water partition coefficient (Wildman–Crippen LogP) is 4.80. The Balaban J connectivity index is 2.34. The van der Waals surface area contributed by atoms with Crippen molar-refractivity contribution in [3.05, 3.63) is 62.1 Å². The van der Waals surface area contributed by atoms with Crippen molar-refractivity contribution in [2.45, 2.75) is 0 Å². The van der Waals surface area contributed by atoms with E-state index in [-0.39, 0.29) is 11.4 Å². The van der Waals surface area contributed by atoms with Crippen LogP contribution in [-0.4, -0.2) is 4.92 Å². The lowest BCUT2D eigenvalue weighted by molar-refractivity contribution is -0.385. The number of hydrogen-bond donors (Lipinski definition) is 0. The summed E-state index contributed by atoms with van der Waals surface area (Å²) in [5.41, 5.74) is -0.0978. The van der Waals surface area contributed by atoms with Crippen LogP contribution in [0.25, 0.3) is 0 Å². The van der Waals surface area contributed by atoms with E-state index < -0.39 is 4.92 Å². The van der Waals surface area contributed by atoms with Gasteiger partial charge < -0.3 is 4.74 Å². The van der Waals surface area contributed by atoms with Gasteiger partial charge in [0.1, 0.15) is 5.75 Å². The van der Waals surface area contributed by atoms with Gasteiger partial charge in [-0.1, -0.05) is 27.5 Å². The highest BCUT2D eigenvalue weighted by Crippen LogP contribution is 2.33. The van der Waals surface area contributed by atoms with Gasteiger partial charge in [0, 0.05) is 15.6 Å². The third-order valence-electron chi connectivity index (χ3n) is 2.16. The number of nitro groups is 1. The van der Waals surface area contributed by atoms with Crippen molar-refractivity contribution < 1.29 is 9.66 Å². The molecule has 0 unspecified atom stereocenters. The van der Waals surface area contributed by atoms with Gasteiger partial charge in [-0.2, -0.15) is 0 Å². The molecule has 0 aliphatic rings. The first-order valence-corrected chi connectivity index (χ1v) is 6.11. The van der Waals surface area contributed by atoms with Gasteiger partial charge in [-0.3, -0.25) is 10.1 Å². The van der Waals surface area contributed by atoms with Crippen LogP contribution in [0.15, 0.2) is 46.9 Å². The van der Waals surface area contributed by atoms with Crippen LogP contribution in [0.1, 0.15) is 0 Å². The largest absolute Gasteiger partial charge is 0.450 e. The topological polar surface area (TPSA) is 52.4 Å². The molecular weight excluding hydrogens is 321 g/mol. The Kier molecular flexibility index (Phi) is 3.84. The summed E-state index contributed by atoms with van der Waals surface area (Å²) in [7, 11) is 0. The zero-order valence-corrected chi connectivity index (χ0v) is 11.3. The zero-order valence-electron chi connectivity index (χ0n) is 8.97. The molecule has 0 spiro atoms. The first kappa shape index (κ1) is 12.9. The third kappa shape index (κ3) is 3.00. The van der Waals surface area contributed by atoms with Crippen LogP contribution in [0, 0.1) is 10.1 Å². The molecule has 0 saturated heterocycles. The van der Waals surface area contributed by atoms with Gasteiger partial charge in [0.05, 0.1) is 4.92 Å². The van der Waals surface area contributed by atoms with E-state index in [0.717, 1.165) is 0 Å². The van der Waals surface area contributed by atoms with Crippen molar-refractivity contribution in [1.82, 2.24) is 0 Å². The first-order valence-electron chi connectivity index (χ1n) is 4.93. The van der Waals surface area contributed by atoms with Crippen LogP contribution < -0.4 is 4.74 Å². The van der Waals surface area contributed by atoms with Crippen molar-refractivity contribution in [3.63, 3.8) is 0 Å². The van der Waals surface area contributed by atoms with E-state index in [1.54, 1.807) is 30.3 Å². The molecule has 92 valence electrons. The van der Waals surface area contributed by atoms with Crippen LogP contribution in [0.5, 0.6) is 11.5 Å². The molecule has 0 fully saturated rings. The summed E-state index contributed by atoms with van der Waals surface area (Å²) in [5.74, 6) is 0.676. The molecule has 0 N–H and O–H groups in total. The van der Waals surface area contributed by atoms with E-state index in [0.29, 0.717) is 15.2 Å². The van der Waals surface area contributed by atoms with Crippen LogP contribution >= 0.6 is 27.5 Å². The van der Waals surface area contributed by atoms with E-state index in [1.165, 1.54) is 12.1 Å². The lowest BCUT2D eigenvalue weighted by atomic mass is 10.3. The molecule has 0 radical (unpaired) electrons. The van der Waals surface area contributed by atoms with Crippen LogP contribution in [0.2, 0.25) is 5.02 Å². The number of nitro benzene ring substituents is 1. The van der Waals surface area contributed by atoms with Crippen LogP contribution in [0.4, 0.5) is 5.69 Å². The minimum absolute atomic E-state index is 0.0978. The maximum absolute atomic E-state index is 10.9. The second-order valence-electron chi connectivity index (χ2n) is 3.43. The monoisotopic (exact) mass is 327 g/mol. The Morgan fingerprint density at radius 3 is 2.44 bits per heavy atom. The average molecular weight is 329 g/mol. The molecule has 2 aromatic carbocycles. The number of benzene rings is 2. The second-order valence-corrected chi connectivity index (χ2v) is 4.78. The Morgan fingerprint density at radius 1 is 1.17 bits per heavy atom. The van der Waals surface area contributed by atoms with Gasteiger partial charge >= 0.3 is 5.69 Å². The average Bonchev–Trinajstić information content (AvgIpc) is 2.34. The second kappa shape index (κ2) is 5.37. The van der Waals surface area contributed by atoms with Gasteiger partial charge in [0.25, 0.3) is 0 Å². The molecule has 0 aliphatic carbocycles. The smallest absolute Gasteiger partial charge is 0.312 e. The van der Waals surface area contributed by atoms with Crippen molar-refractivity contribution in [2.75, 3.05) is 0 Å². The van der Waals surface area contributed by atoms with E-state index in [1.807, 2.05) is 0 Å². The highest BCUT2D eigenvalue weighted by atomic mass is 79.9. The molecule has 0 saturated carbocycles. The number of ether oxygens (including phenoxy) is 1. The third-order valence-corrected chi connectivity index (χ3v) is 2.90. The fourth-order valence-electron chi connectivity index (χ4n) is 1.35. The molecular formula is C12H7BrClNO3. The van der Waals surface area contributed by atoms with E-state index in [4.69, 9.17) is 16.3 Å². The van der Waals surface area contributed by atoms with Crippen molar-refractivity contribution in [3.8, 4) is 11.5 Å². The Hall–Kier alpha value is -1.59. The lowest BCUT2D eigenvalue weighted by Crippen LogP contribution is -1.93. The van der Waals surface area contributed by atoms with Gasteiger partial charge in [0.2, 0.25) is 5.75 Å². The molecule has 18 heavy (non-hydrogen) atoms. The summed E-state index contributed by atoms with van der Waals surface area (Å²) < 4.78 is 6.08. The van der Waals surface area contributed by atoms with Crippen molar-refractivity contribution >= 4 is 33.2 Å². The number of rotatable bonds is 3. The fraction of sp³-hybridized carbons (Fsp3) is 0. The SMILES string of the molecule is O=[N+]([O-])c1cc(Br)ccc1Oc1ccc(Cl)cc1. The Morgan fingerprint density at radius 2 is 1.83 bits per heavy atom. The van der Waals surface area contributed by atoms with Crippen molar-refractivity contribution in [1.29, 1.82) is 0 Å². The maximum Gasteiger partial charge on any atom is 0.312 e. The molecule has 2 aromatic rings. The van der Waals surface area contributed by atoms with E-state index in [2.05, 4.69) is 15.9 Å². The Bertz CT molecular complexity index is 586. The summed E-state index contributed by atoms with van der Waals surface area (Å²) in [4.78, 5) is 10.4. The highest BCUT2D eigenvalue weighted by Gasteiger charge is 2.16. The summed E-state index contributed by atoms with van der Waals surface area (Å²) in [6.07, 6.45) is 0. The van der Waals surface area contributed by atoms with Gasteiger partial charge in [-0.05, 0) is 36.4 Å². The minimum Gasteiger partial charge on any atom is -0.450 e. The fourth-order valence-corrected chi connectivity index (χ4v) is 1.82. The number of nitrogens with zero attached hydrogens (tertiary/aromatic N) is 1. The molecule has 6 heteroatoms. The molecule has 4 nitrogen and oxygen atoms in total. The van der Waals surface area contributed by atoms with Gasteiger partial charge in [-0.25, -0.2) is 0 Å². The summed E-state index contributed by atoms with van der Waals surface area (Å²) in [6.45, 7) is 0. The molecule has 0 amide bonds. The molecule has 2 rings (SSSR count). The maximum atomic E-state index is 10.9. The summed E-state index contributed by atoms with van der Waals surface area (Å²) >= 11 is 8.93. The normalized spacial score (nSPS) is 10.1. The molecule has 0 aliphatic heterocycles. The molecule has 0 bridgehead atoms. The lowest BCUT2D eigenvalue weighted by Gasteiger charge is -2.06. The molecule has 0 aromatic heterocycles. The standard InChI is InChI=1S/C12H7BrClNO3/c13-8-1-6-12(11(7-8)15(16)17)18-10-4-2-9(14)3-5-10/h1-7H. The number of halogens is 2. The van der Waals surface area contributed by atoms with Gasteiger partial charge in [0.15, 0.2) is 0 Å².